The molecule has 110 valence electrons. The zero-order valence-corrected chi connectivity index (χ0v) is 10.0. The predicted molar refractivity (Wildman–Crippen MR) is 56.9 cm³/mol. The van der Waals surface area contributed by atoms with Crippen LogP contribution in [0.3, 0.4) is 0 Å². The summed E-state index contributed by atoms with van der Waals surface area (Å²) in [6.07, 6.45) is 0. The smallest absolute Gasteiger partial charge is 0.337 e. The Bertz CT molecular complexity index is 548. The van der Waals surface area contributed by atoms with Gasteiger partial charge in [-0.15, -0.1) is 0 Å². The molecule has 0 heterocycles. The molecule has 0 fully saturated rings. The maximum Gasteiger partial charge on any atom is 0.337 e. The van der Waals surface area contributed by atoms with Gasteiger partial charge in [0.05, 0.1) is 6.54 Å². The van der Waals surface area contributed by atoms with E-state index in [2.05, 4.69) is 0 Å². The average Bonchev–Trinajstić information content (AvgIpc) is 2.34. The molecule has 0 aliphatic carbocycles. The molecule has 0 saturated carbocycles. The summed E-state index contributed by atoms with van der Waals surface area (Å²) in [5.41, 5.74) is -3.95. The first-order chi connectivity index (χ1) is 9.08. The lowest BCUT2D eigenvalue weighted by Crippen LogP contribution is -2.46. The number of carboxylic acid groups (broad SMARTS) is 1. The van der Waals surface area contributed by atoms with Crippen molar-refractivity contribution in [2.75, 3.05) is 6.54 Å². The van der Waals surface area contributed by atoms with Crippen molar-refractivity contribution in [3.05, 3.63) is 34.9 Å². The molecule has 5 nitrogen and oxygen atoms in total. The van der Waals surface area contributed by atoms with Crippen molar-refractivity contribution < 1.29 is 37.4 Å². The Morgan fingerprint density at radius 2 is 1.65 bits per heavy atom. The van der Waals surface area contributed by atoms with Crippen molar-refractivity contribution >= 4 is 11.9 Å². The van der Waals surface area contributed by atoms with Crippen LogP contribution in [0.5, 0.6) is 0 Å². The van der Waals surface area contributed by atoms with E-state index < -0.39 is 52.9 Å². The molecule has 0 aromatic heterocycles. The lowest BCUT2D eigenvalue weighted by molar-refractivity contribution is -0.155. The molecule has 3 N–H and O–H groups in total. The van der Waals surface area contributed by atoms with Crippen molar-refractivity contribution in [2.45, 2.75) is 12.5 Å². The summed E-state index contributed by atoms with van der Waals surface area (Å²) in [4.78, 5) is 22.0. The molecule has 0 spiro atoms. The molecule has 0 radical (unpaired) electrons. The number of carbonyl (C=O) groups is 2. The highest BCUT2D eigenvalue weighted by molar-refractivity contribution is 5.95. The molecule has 20 heavy (non-hydrogen) atoms. The van der Waals surface area contributed by atoms with Gasteiger partial charge in [-0.25, -0.2) is 22.4 Å². The molecule has 1 unspecified atom stereocenters. The van der Waals surface area contributed by atoms with E-state index in [4.69, 9.17) is 5.11 Å². The zero-order chi connectivity index (χ0) is 15.7. The normalized spacial score (nSPS) is 13.7. The summed E-state index contributed by atoms with van der Waals surface area (Å²) in [6, 6.07) is -0.0745. The molecule has 1 atom stereocenters. The number of carboxylic acids is 1. The van der Waals surface area contributed by atoms with Gasteiger partial charge in [0.1, 0.15) is 5.56 Å². The van der Waals surface area contributed by atoms with Crippen LogP contribution in [-0.2, 0) is 4.79 Å². The highest BCUT2D eigenvalue weighted by Crippen LogP contribution is 2.19. The number of carbonyl (C=O) groups excluding carboxylic acids is 1. The second kappa shape index (κ2) is 5.45. The first-order valence-corrected chi connectivity index (χ1v) is 5.15. The fourth-order valence-electron chi connectivity index (χ4n) is 1.19. The number of nitrogens with one attached hydrogen (secondary N) is 1. The van der Waals surface area contributed by atoms with E-state index in [1.807, 2.05) is 0 Å². The summed E-state index contributed by atoms with van der Waals surface area (Å²) >= 11 is 0. The number of aliphatic carboxylic acids is 1. The highest BCUT2D eigenvalue weighted by atomic mass is 19.2. The molecule has 1 amide bonds. The molecular formula is C11H9F4NO4. The van der Waals surface area contributed by atoms with Gasteiger partial charge in [-0.05, 0) is 6.92 Å². The monoisotopic (exact) mass is 295 g/mol. The van der Waals surface area contributed by atoms with Gasteiger partial charge in [0.15, 0.2) is 28.9 Å². The van der Waals surface area contributed by atoms with Gasteiger partial charge < -0.3 is 15.5 Å². The minimum atomic E-state index is -2.41. The molecule has 0 aliphatic rings. The number of amides is 1. The van der Waals surface area contributed by atoms with Crippen LogP contribution in [0.15, 0.2) is 6.07 Å². The van der Waals surface area contributed by atoms with Gasteiger partial charge in [-0.1, -0.05) is 0 Å². The third-order valence-corrected chi connectivity index (χ3v) is 2.39. The van der Waals surface area contributed by atoms with E-state index >= 15 is 0 Å². The third-order valence-electron chi connectivity index (χ3n) is 2.39. The van der Waals surface area contributed by atoms with E-state index in [1.165, 1.54) is 0 Å². The second-order valence-electron chi connectivity index (χ2n) is 4.10. The first kappa shape index (κ1) is 15.9. The quantitative estimate of drug-likeness (QED) is 0.566. The van der Waals surface area contributed by atoms with Gasteiger partial charge in [0, 0.05) is 6.07 Å². The standard InChI is InChI=1S/C11H9F4NO4/c1-11(20,10(18)19)3-16-9(17)6-7(14)4(12)2-5(13)8(6)15/h2,20H,3H2,1H3,(H,16,17)(H,18,19). The van der Waals surface area contributed by atoms with E-state index in [9.17, 15) is 32.3 Å². The van der Waals surface area contributed by atoms with Gasteiger partial charge in [0.2, 0.25) is 0 Å². The van der Waals surface area contributed by atoms with Gasteiger partial charge in [0.25, 0.3) is 5.91 Å². The van der Waals surface area contributed by atoms with Crippen LogP contribution >= 0.6 is 0 Å². The molecule has 1 aromatic rings. The number of hydrogen-bond donors (Lipinski definition) is 3. The molecule has 0 aliphatic heterocycles. The fraction of sp³-hybridized carbons (Fsp3) is 0.273. The second-order valence-corrected chi connectivity index (χ2v) is 4.10. The summed E-state index contributed by atoms with van der Waals surface area (Å²) < 4.78 is 52.3. The SMILES string of the molecule is CC(O)(CNC(=O)c1c(F)c(F)cc(F)c1F)C(=O)O. The van der Waals surface area contributed by atoms with Crippen molar-refractivity contribution in [1.82, 2.24) is 5.32 Å². The Labute approximate surface area is 109 Å². The van der Waals surface area contributed by atoms with Crippen LogP contribution in [-0.4, -0.2) is 34.2 Å². The number of benzene rings is 1. The summed E-state index contributed by atoms with van der Waals surface area (Å²) in [5, 5.41) is 19.5. The Balaban J connectivity index is 3.03. The van der Waals surface area contributed by atoms with Crippen LogP contribution in [0.1, 0.15) is 17.3 Å². The number of rotatable bonds is 4. The van der Waals surface area contributed by atoms with E-state index in [1.54, 1.807) is 5.32 Å². The maximum atomic E-state index is 13.3. The van der Waals surface area contributed by atoms with E-state index in [-0.39, 0.29) is 6.07 Å². The highest BCUT2D eigenvalue weighted by Gasteiger charge is 2.32. The maximum absolute atomic E-state index is 13.3. The minimum absolute atomic E-state index is 0.0745. The Morgan fingerprint density at radius 3 is 2.05 bits per heavy atom. The van der Waals surface area contributed by atoms with Crippen LogP contribution in [0.2, 0.25) is 0 Å². The Kier molecular flexibility index (Phi) is 4.33. The van der Waals surface area contributed by atoms with Crippen molar-refractivity contribution in [3.8, 4) is 0 Å². The zero-order valence-electron chi connectivity index (χ0n) is 10.0. The predicted octanol–water partition coefficient (Wildman–Crippen LogP) is 0.808. The first-order valence-electron chi connectivity index (χ1n) is 5.15. The summed E-state index contributed by atoms with van der Waals surface area (Å²) in [7, 11) is 0. The van der Waals surface area contributed by atoms with Crippen molar-refractivity contribution in [2.24, 2.45) is 0 Å². The largest absolute Gasteiger partial charge is 0.479 e. The molecule has 0 saturated heterocycles. The molecular weight excluding hydrogens is 286 g/mol. The number of halogens is 4. The van der Waals surface area contributed by atoms with E-state index in [0.29, 0.717) is 0 Å². The molecule has 9 heteroatoms. The molecule has 1 rings (SSSR count). The molecule has 0 bridgehead atoms. The lowest BCUT2D eigenvalue weighted by atomic mass is 10.1. The van der Waals surface area contributed by atoms with Crippen molar-refractivity contribution in [3.63, 3.8) is 0 Å². The number of hydrogen-bond acceptors (Lipinski definition) is 3. The minimum Gasteiger partial charge on any atom is -0.479 e. The van der Waals surface area contributed by atoms with Crippen LogP contribution < -0.4 is 5.32 Å². The lowest BCUT2D eigenvalue weighted by Gasteiger charge is -2.18. The average molecular weight is 295 g/mol. The Hall–Kier alpha value is -2.16. The van der Waals surface area contributed by atoms with Gasteiger partial charge in [-0.2, -0.15) is 0 Å². The summed E-state index contributed by atoms with van der Waals surface area (Å²) in [6.45, 7) is -0.104. The number of aliphatic hydroxyl groups is 1. The fourth-order valence-corrected chi connectivity index (χ4v) is 1.19. The van der Waals surface area contributed by atoms with Crippen molar-refractivity contribution in [1.29, 1.82) is 0 Å². The van der Waals surface area contributed by atoms with Crippen LogP contribution in [0.25, 0.3) is 0 Å². The van der Waals surface area contributed by atoms with Gasteiger partial charge in [-0.3, -0.25) is 4.79 Å². The van der Waals surface area contributed by atoms with Crippen LogP contribution in [0.4, 0.5) is 17.6 Å². The summed E-state index contributed by atoms with van der Waals surface area (Å²) in [5.74, 6) is -10.7. The Morgan fingerprint density at radius 1 is 1.20 bits per heavy atom. The topological polar surface area (TPSA) is 86.6 Å². The third kappa shape index (κ3) is 3.05. The van der Waals surface area contributed by atoms with Gasteiger partial charge >= 0.3 is 5.97 Å². The van der Waals surface area contributed by atoms with Crippen LogP contribution in [0, 0.1) is 23.3 Å². The molecule has 1 aromatic carbocycles. The van der Waals surface area contributed by atoms with E-state index in [0.717, 1.165) is 6.92 Å².